The molecule has 0 aliphatic carbocycles. The molecule has 3 rings (SSSR count). The molecule has 2 aromatic carbocycles. The zero-order valence-electron chi connectivity index (χ0n) is 16.2. The lowest BCUT2D eigenvalue weighted by Gasteiger charge is -2.14. The van der Waals surface area contributed by atoms with Crippen LogP contribution in [-0.2, 0) is 11.2 Å². The Bertz CT molecular complexity index is 879. The highest BCUT2D eigenvalue weighted by Gasteiger charge is 2.14. The molecule has 0 aliphatic rings. The maximum Gasteiger partial charge on any atom is 0.230 e. The first kappa shape index (κ1) is 20.1. The molecule has 1 atom stereocenters. The molecule has 1 aromatic heterocycles. The van der Waals surface area contributed by atoms with Gasteiger partial charge in [0.25, 0.3) is 0 Å². The lowest BCUT2D eigenvalue weighted by Crippen LogP contribution is -2.28. The summed E-state index contributed by atoms with van der Waals surface area (Å²) in [6, 6.07) is 18.1. The summed E-state index contributed by atoms with van der Waals surface area (Å²) >= 11 is 1.33. The van der Waals surface area contributed by atoms with Crippen molar-refractivity contribution in [3.8, 4) is 5.69 Å². The molecule has 0 fully saturated rings. The zero-order chi connectivity index (χ0) is 19.8. The third kappa shape index (κ3) is 5.42. The van der Waals surface area contributed by atoms with Crippen LogP contribution in [0.4, 0.5) is 0 Å². The van der Waals surface area contributed by atoms with Gasteiger partial charge in [0, 0.05) is 0 Å². The molecule has 28 heavy (non-hydrogen) atoms. The molecular formula is C21H25N5OS. The van der Waals surface area contributed by atoms with E-state index >= 15 is 0 Å². The molecule has 1 N–H and O–H groups in total. The molecule has 0 radical (unpaired) electrons. The molecule has 1 heterocycles. The quantitative estimate of drug-likeness (QED) is 0.555. The zero-order valence-corrected chi connectivity index (χ0v) is 17.0. The summed E-state index contributed by atoms with van der Waals surface area (Å²) in [6.45, 7) is 4.16. The summed E-state index contributed by atoms with van der Waals surface area (Å²) in [7, 11) is 0. The summed E-state index contributed by atoms with van der Waals surface area (Å²) in [6.07, 6.45) is 3.44. The Hall–Kier alpha value is -2.67. The number of benzene rings is 2. The van der Waals surface area contributed by atoms with Crippen molar-refractivity contribution < 1.29 is 4.79 Å². The number of aryl methyl sites for hydroxylation is 1. The Kier molecular flexibility index (Phi) is 7.19. The Morgan fingerprint density at radius 1 is 1.14 bits per heavy atom. The van der Waals surface area contributed by atoms with Gasteiger partial charge in [0.1, 0.15) is 0 Å². The van der Waals surface area contributed by atoms with Crippen LogP contribution in [0.2, 0.25) is 0 Å². The molecule has 0 saturated carbocycles. The highest BCUT2D eigenvalue weighted by atomic mass is 32.2. The van der Waals surface area contributed by atoms with Gasteiger partial charge in [-0.25, -0.2) is 0 Å². The molecule has 7 heteroatoms. The number of hydrogen-bond donors (Lipinski definition) is 1. The van der Waals surface area contributed by atoms with Gasteiger partial charge in [0.15, 0.2) is 0 Å². The van der Waals surface area contributed by atoms with Crippen molar-refractivity contribution in [1.82, 2.24) is 25.5 Å². The number of thioether (sulfide) groups is 1. The number of amides is 1. The van der Waals surface area contributed by atoms with Crippen LogP contribution in [0.1, 0.15) is 43.9 Å². The number of tetrazole rings is 1. The SMILES string of the molecule is CCCCc1ccc(-n2nnnc2SCC(=O)NC(C)c2ccccc2)cc1. The minimum atomic E-state index is -0.0502. The van der Waals surface area contributed by atoms with Gasteiger partial charge in [-0.2, -0.15) is 4.68 Å². The fraction of sp³-hybridized carbons (Fsp3) is 0.333. The van der Waals surface area contributed by atoms with Gasteiger partial charge in [0.05, 0.1) is 17.5 Å². The number of rotatable bonds is 9. The van der Waals surface area contributed by atoms with Crippen molar-refractivity contribution in [2.24, 2.45) is 0 Å². The number of carbonyl (C=O) groups excluding carboxylic acids is 1. The van der Waals surface area contributed by atoms with Crippen LogP contribution in [0.5, 0.6) is 0 Å². The van der Waals surface area contributed by atoms with E-state index in [1.165, 1.54) is 30.2 Å². The van der Waals surface area contributed by atoms with E-state index < -0.39 is 0 Å². The molecule has 0 bridgehead atoms. The third-order valence-corrected chi connectivity index (χ3v) is 5.37. The largest absolute Gasteiger partial charge is 0.349 e. The van der Waals surface area contributed by atoms with Crippen LogP contribution in [0.3, 0.4) is 0 Å². The second-order valence-corrected chi connectivity index (χ2v) is 7.57. The van der Waals surface area contributed by atoms with Crippen LogP contribution in [0.15, 0.2) is 59.8 Å². The lowest BCUT2D eigenvalue weighted by molar-refractivity contribution is -0.119. The van der Waals surface area contributed by atoms with Crippen LogP contribution in [0, 0.1) is 0 Å². The summed E-state index contributed by atoms with van der Waals surface area (Å²) in [4.78, 5) is 12.3. The molecule has 0 saturated heterocycles. The summed E-state index contributed by atoms with van der Waals surface area (Å²) < 4.78 is 1.67. The van der Waals surface area contributed by atoms with Gasteiger partial charge in [0.2, 0.25) is 11.1 Å². The second-order valence-electron chi connectivity index (χ2n) is 6.63. The monoisotopic (exact) mass is 395 g/mol. The van der Waals surface area contributed by atoms with Crippen LogP contribution in [0.25, 0.3) is 5.69 Å². The number of carbonyl (C=O) groups is 1. The predicted octanol–water partition coefficient (Wildman–Crippen LogP) is 3.97. The van der Waals surface area contributed by atoms with E-state index in [1.807, 2.05) is 49.4 Å². The van der Waals surface area contributed by atoms with Crippen LogP contribution in [-0.4, -0.2) is 31.9 Å². The minimum Gasteiger partial charge on any atom is -0.349 e. The maximum absolute atomic E-state index is 12.3. The Morgan fingerprint density at radius 2 is 1.89 bits per heavy atom. The van der Waals surface area contributed by atoms with E-state index in [4.69, 9.17) is 0 Å². The Labute approximate surface area is 169 Å². The van der Waals surface area contributed by atoms with E-state index in [0.717, 1.165) is 17.7 Å². The second kappa shape index (κ2) is 10.0. The van der Waals surface area contributed by atoms with Crippen molar-refractivity contribution in [2.75, 3.05) is 5.75 Å². The van der Waals surface area contributed by atoms with E-state index in [1.54, 1.807) is 4.68 Å². The fourth-order valence-corrected chi connectivity index (χ4v) is 3.56. The van der Waals surface area contributed by atoms with Crippen molar-refractivity contribution >= 4 is 17.7 Å². The molecule has 3 aromatic rings. The summed E-state index contributed by atoms with van der Waals surface area (Å²) in [5.41, 5.74) is 3.28. The standard InChI is InChI=1S/C21H25N5OS/c1-3-4-8-17-11-13-19(14-12-17)26-21(23-24-25-26)28-15-20(27)22-16(2)18-9-6-5-7-10-18/h5-7,9-14,16H,3-4,8,15H2,1-2H3,(H,22,27). The Balaban J connectivity index is 1.57. The highest BCUT2D eigenvalue weighted by molar-refractivity contribution is 7.99. The first-order chi connectivity index (χ1) is 13.7. The van der Waals surface area contributed by atoms with Gasteiger partial charge in [-0.3, -0.25) is 4.79 Å². The molecule has 1 unspecified atom stereocenters. The lowest BCUT2D eigenvalue weighted by atomic mass is 10.1. The number of unbranched alkanes of at least 4 members (excludes halogenated alkanes) is 1. The van der Waals surface area contributed by atoms with Crippen molar-refractivity contribution in [3.63, 3.8) is 0 Å². The van der Waals surface area contributed by atoms with E-state index in [0.29, 0.717) is 5.16 Å². The molecule has 0 aliphatic heterocycles. The van der Waals surface area contributed by atoms with E-state index in [-0.39, 0.29) is 17.7 Å². The van der Waals surface area contributed by atoms with Crippen LogP contribution < -0.4 is 5.32 Å². The third-order valence-electron chi connectivity index (χ3n) is 4.45. The average molecular weight is 396 g/mol. The normalized spacial score (nSPS) is 11.9. The first-order valence-corrected chi connectivity index (χ1v) is 10.5. The van der Waals surface area contributed by atoms with Gasteiger partial charge in [-0.15, -0.1) is 5.10 Å². The fourth-order valence-electron chi connectivity index (χ4n) is 2.85. The Morgan fingerprint density at radius 3 is 2.61 bits per heavy atom. The summed E-state index contributed by atoms with van der Waals surface area (Å²) in [5.74, 6) is 0.206. The topological polar surface area (TPSA) is 72.7 Å². The first-order valence-electron chi connectivity index (χ1n) is 9.52. The summed E-state index contributed by atoms with van der Waals surface area (Å²) in [5, 5.41) is 15.5. The minimum absolute atomic E-state index is 0.0408. The van der Waals surface area contributed by atoms with Gasteiger partial charge >= 0.3 is 0 Å². The number of nitrogens with zero attached hydrogens (tertiary/aromatic N) is 4. The number of hydrogen-bond acceptors (Lipinski definition) is 5. The molecule has 0 spiro atoms. The van der Waals surface area contributed by atoms with Crippen molar-refractivity contribution in [2.45, 2.75) is 44.3 Å². The van der Waals surface area contributed by atoms with Gasteiger partial charge in [-0.1, -0.05) is 67.6 Å². The molecule has 146 valence electrons. The smallest absolute Gasteiger partial charge is 0.230 e. The van der Waals surface area contributed by atoms with Crippen molar-refractivity contribution in [3.05, 3.63) is 65.7 Å². The molecule has 1 amide bonds. The molecule has 6 nitrogen and oxygen atoms in total. The van der Waals surface area contributed by atoms with Gasteiger partial charge in [-0.05, 0) is 53.5 Å². The predicted molar refractivity (Wildman–Crippen MR) is 111 cm³/mol. The maximum atomic E-state index is 12.3. The molecular weight excluding hydrogens is 370 g/mol. The van der Waals surface area contributed by atoms with E-state index in [2.05, 4.69) is 39.9 Å². The number of aromatic nitrogens is 4. The van der Waals surface area contributed by atoms with Crippen LogP contribution >= 0.6 is 11.8 Å². The number of nitrogens with one attached hydrogen (secondary N) is 1. The average Bonchev–Trinajstić information content (AvgIpc) is 3.20. The van der Waals surface area contributed by atoms with E-state index in [9.17, 15) is 4.79 Å². The van der Waals surface area contributed by atoms with Gasteiger partial charge < -0.3 is 5.32 Å². The van der Waals surface area contributed by atoms with Crippen molar-refractivity contribution in [1.29, 1.82) is 0 Å². The highest BCUT2D eigenvalue weighted by Crippen LogP contribution is 2.19.